The molecule has 1 saturated heterocycles. The van der Waals surface area contributed by atoms with Gasteiger partial charge in [-0.3, -0.25) is 4.79 Å². The second-order valence-corrected chi connectivity index (χ2v) is 5.93. The third-order valence-electron chi connectivity index (χ3n) is 2.85. The number of anilines is 1. The van der Waals surface area contributed by atoms with Crippen molar-refractivity contribution in [2.24, 2.45) is 5.92 Å². The summed E-state index contributed by atoms with van der Waals surface area (Å²) in [7, 11) is 0. The molecule has 0 bridgehead atoms. The first kappa shape index (κ1) is 13.1. The molecule has 0 radical (unpaired) electrons. The van der Waals surface area contributed by atoms with E-state index < -0.39 is 0 Å². The van der Waals surface area contributed by atoms with E-state index in [0.717, 1.165) is 40.6 Å². The number of rotatable bonds is 2. The van der Waals surface area contributed by atoms with Crippen molar-refractivity contribution in [1.82, 2.24) is 5.32 Å². The number of nitrogens with one attached hydrogen (secondary N) is 2. The highest BCUT2D eigenvalue weighted by Crippen LogP contribution is 2.27. The highest BCUT2D eigenvalue weighted by Gasteiger charge is 2.21. The van der Waals surface area contributed by atoms with E-state index in [9.17, 15) is 4.79 Å². The van der Waals surface area contributed by atoms with E-state index in [1.54, 1.807) is 0 Å². The largest absolute Gasteiger partial charge is 0.325 e. The Bertz CT molecular complexity index is 417. The van der Waals surface area contributed by atoms with E-state index in [0.29, 0.717) is 0 Å². The second-order valence-electron chi connectivity index (χ2n) is 4.16. The first-order chi connectivity index (χ1) is 8.16. The van der Waals surface area contributed by atoms with Crippen molar-refractivity contribution < 1.29 is 4.79 Å². The van der Waals surface area contributed by atoms with Gasteiger partial charge in [0, 0.05) is 15.5 Å². The predicted molar refractivity (Wildman–Crippen MR) is 76.1 cm³/mol. The highest BCUT2D eigenvalue weighted by atomic mass is 79.9. The first-order valence-electron chi connectivity index (χ1n) is 5.63. The van der Waals surface area contributed by atoms with Crippen molar-refractivity contribution >= 4 is 43.5 Å². The van der Waals surface area contributed by atoms with Gasteiger partial charge in [0.2, 0.25) is 5.91 Å². The molecular formula is C12H14Br2N2O. The Morgan fingerprint density at radius 2 is 2.24 bits per heavy atom. The van der Waals surface area contributed by atoms with Gasteiger partial charge in [0.15, 0.2) is 0 Å². The average Bonchev–Trinajstić information content (AvgIpc) is 2.35. The summed E-state index contributed by atoms with van der Waals surface area (Å²) in [6, 6.07) is 5.75. The monoisotopic (exact) mass is 360 g/mol. The number of carbonyl (C=O) groups is 1. The van der Waals surface area contributed by atoms with Crippen LogP contribution in [0.25, 0.3) is 0 Å². The summed E-state index contributed by atoms with van der Waals surface area (Å²) in [6.07, 6.45) is 2.03. The molecule has 1 amide bonds. The fraction of sp³-hybridized carbons (Fsp3) is 0.417. The molecule has 0 spiro atoms. The lowest BCUT2D eigenvalue weighted by atomic mass is 9.99. The van der Waals surface area contributed by atoms with Gasteiger partial charge in [-0.25, -0.2) is 0 Å². The average molecular weight is 362 g/mol. The number of amides is 1. The van der Waals surface area contributed by atoms with Crippen molar-refractivity contribution in [3.63, 3.8) is 0 Å². The molecule has 0 saturated carbocycles. The molecule has 2 rings (SSSR count). The quantitative estimate of drug-likeness (QED) is 0.849. The molecule has 1 aromatic carbocycles. The van der Waals surface area contributed by atoms with Crippen LogP contribution in [-0.2, 0) is 4.79 Å². The Hall–Kier alpha value is -0.390. The second kappa shape index (κ2) is 5.98. The standard InChI is InChI=1S/C12H14Br2N2O/c13-9-3-4-10(14)11(6-9)16-12(17)8-2-1-5-15-7-8/h3-4,6,8,15H,1-2,5,7H2,(H,16,17). The normalized spacial score (nSPS) is 20.0. The summed E-state index contributed by atoms with van der Waals surface area (Å²) in [4.78, 5) is 12.0. The molecule has 3 nitrogen and oxygen atoms in total. The Labute approximate surface area is 118 Å². The van der Waals surface area contributed by atoms with Crippen LogP contribution in [0.4, 0.5) is 5.69 Å². The molecule has 1 fully saturated rings. The molecule has 0 aromatic heterocycles. The van der Waals surface area contributed by atoms with Crippen molar-refractivity contribution in [3.8, 4) is 0 Å². The minimum atomic E-state index is 0.0784. The summed E-state index contributed by atoms with van der Waals surface area (Å²) < 4.78 is 1.86. The van der Waals surface area contributed by atoms with Gasteiger partial charge in [-0.1, -0.05) is 15.9 Å². The van der Waals surface area contributed by atoms with E-state index in [2.05, 4.69) is 42.5 Å². The number of carbonyl (C=O) groups excluding carboxylic acids is 1. The molecule has 1 aromatic rings. The lowest BCUT2D eigenvalue weighted by molar-refractivity contribution is -0.120. The number of benzene rings is 1. The lowest BCUT2D eigenvalue weighted by Gasteiger charge is -2.22. The molecule has 17 heavy (non-hydrogen) atoms. The van der Waals surface area contributed by atoms with Crippen LogP contribution in [0.1, 0.15) is 12.8 Å². The fourth-order valence-electron chi connectivity index (χ4n) is 1.90. The third kappa shape index (κ3) is 3.53. The Kier molecular flexibility index (Phi) is 4.59. The maximum absolute atomic E-state index is 12.0. The summed E-state index contributed by atoms with van der Waals surface area (Å²) in [5.41, 5.74) is 0.815. The van der Waals surface area contributed by atoms with Crippen molar-refractivity contribution in [1.29, 1.82) is 0 Å². The lowest BCUT2D eigenvalue weighted by Crippen LogP contribution is -2.37. The number of hydrogen-bond acceptors (Lipinski definition) is 2. The smallest absolute Gasteiger partial charge is 0.228 e. The molecule has 0 aliphatic carbocycles. The summed E-state index contributed by atoms with van der Waals surface area (Å²) in [5, 5.41) is 6.21. The van der Waals surface area contributed by atoms with E-state index in [4.69, 9.17) is 0 Å². The minimum Gasteiger partial charge on any atom is -0.325 e. The highest BCUT2D eigenvalue weighted by molar-refractivity contribution is 9.11. The molecule has 5 heteroatoms. The van der Waals surface area contributed by atoms with Crippen LogP contribution in [0.3, 0.4) is 0 Å². The summed E-state index contributed by atoms with van der Waals surface area (Å²) in [5.74, 6) is 0.172. The van der Waals surface area contributed by atoms with Crippen LogP contribution < -0.4 is 10.6 Å². The van der Waals surface area contributed by atoms with Crippen LogP contribution in [-0.4, -0.2) is 19.0 Å². The minimum absolute atomic E-state index is 0.0784. The molecule has 1 aliphatic rings. The SMILES string of the molecule is O=C(Nc1cc(Br)ccc1Br)C1CCCNC1. The van der Waals surface area contributed by atoms with Gasteiger partial charge in [-0.05, 0) is 53.5 Å². The van der Waals surface area contributed by atoms with E-state index >= 15 is 0 Å². The molecule has 1 atom stereocenters. The zero-order chi connectivity index (χ0) is 12.3. The molecule has 2 N–H and O–H groups in total. The summed E-state index contributed by atoms with van der Waals surface area (Å²) in [6.45, 7) is 1.79. The van der Waals surface area contributed by atoms with Crippen molar-refractivity contribution in [2.75, 3.05) is 18.4 Å². The number of piperidine rings is 1. The zero-order valence-electron chi connectivity index (χ0n) is 9.30. The van der Waals surface area contributed by atoms with Gasteiger partial charge in [0.1, 0.15) is 0 Å². The van der Waals surface area contributed by atoms with Gasteiger partial charge >= 0.3 is 0 Å². The first-order valence-corrected chi connectivity index (χ1v) is 7.22. The Balaban J connectivity index is 2.04. The molecular weight excluding hydrogens is 348 g/mol. The molecule has 1 aliphatic heterocycles. The fourth-order valence-corrected chi connectivity index (χ4v) is 2.61. The van der Waals surface area contributed by atoms with Crippen molar-refractivity contribution in [2.45, 2.75) is 12.8 Å². The van der Waals surface area contributed by atoms with Crippen molar-refractivity contribution in [3.05, 3.63) is 27.1 Å². The predicted octanol–water partition coefficient (Wildman–Crippen LogP) is 3.15. The van der Waals surface area contributed by atoms with Crippen LogP contribution in [0.2, 0.25) is 0 Å². The van der Waals surface area contributed by atoms with Gasteiger partial charge in [0.25, 0.3) is 0 Å². The van der Waals surface area contributed by atoms with Crippen LogP contribution >= 0.6 is 31.9 Å². The van der Waals surface area contributed by atoms with Gasteiger partial charge in [-0.2, -0.15) is 0 Å². The maximum atomic E-state index is 12.0. The van der Waals surface area contributed by atoms with Crippen LogP contribution in [0.15, 0.2) is 27.1 Å². The summed E-state index contributed by atoms with van der Waals surface area (Å²) >= 11 is 6.83. The zero-order valence-corrected chi connectivity index (χ0v) is 12.5. The Morgan fingerprint density at radius 1 is 1.41 bits per heavy atom. The van der Waals surface area contributed by atoms with Gasteiger partial charge < -0.3 is 10.6 Å². The van der Waals surface area contributed by atoms with Crippen LogP contribution in [0.5, 0.6) is 0 Å². The molecule has 1 unspecified atom stereocenters. The Morgan fingerprint density at radius 3 is 2.94 bits per heavy atom. The van der Waals surface area contributed by atoms with Gasteiger partial charge in [-0.15, -0.1) is 0 Å². The molecule has 92 valence electrons. The van der Waals surface area contributed by atoms with E-state index in [1.807, 2.05) is 18.2 Å². The van der Waals surface area contributed by atoms with Gasteiger partial charge in [0.05, 0.1) is 11.6 Å². The van der Waals surface area contributed by atoms with E-state index in [1.165, 1.54) is 0 Å². The van der Waals surface area contributed by atoms with E-state index in [-0.39, 0.29) is 11.8 Å². The topological polar surface area (TPSA) is 41.1 Å². The number of hydrogen-bond donors (Lipinski definition) is 2. The number of halogens is 2. The third-order valence-corrected chi connectivity index (χ3v) is 4.04. The van der Waals surface area contributed by atoms with Crippen LogP contribution in [0, 0.1) is 5.92 Å². The molecule has 1 heterocycles. The maximum Gasteiger partial charge on any atom is 0.228 e.